The zero-order valence-corrected chi connectivity index (χ0v) is 12.7. The van der Waals surface area contributed by atoms with E-state index < -0.39 is 10.0 Å². The Hall–Kier alpha value is -2.32. The molecule has 0 heterocycles. The Morgan fingerprint density at radius 3 is 2.57 bits per heavy atom. The van der Waals surface area contributed by atoms with Gasteiger partial charge in [0, 0.05) is 0 Å². The number of aryl methyl sites for hydroxylation is 2. The van der Waals surface area contributed by atoms with E-state index in [9.17, 15) is 8.42 Å². The molecule has 2 rings (SSSR count). The maximum atomic E-state index is 12.3. The van der Waals surface area contributed by atoms with Crippen LogP contribution in [0.3, 0.4) is 0 Å². The number of hydrogen-bond acceptors (Lipinski definition) is 3. The van der Waals surface area contributed by atoms with Crippen molar-refractivity contribution < 1.29 is 8.42 Å². The lowest BCUT2D eigenvalue weighted by Crippen LogP contribution is -2.16. The molecular formula is C16H16N2O2S. The van der Waals surface area contributed by atoms with Crippen molar-refractivity contribution in [3.8, 4) is 6.07 Å². The van der Waals surface area contributed by atoms with Crippen molar-refractivity contribution in [2.24, 2.45) is 0 Å². The Labute approximate surface area is 125 Å². The third-order valence-corrected chi connectivity index (χ3v) is 4.36. The van der Waals surface area contributed by atoms with E-state index in [-0.39, 0.29) is 5.75 Å². The molecule has 21 heavy (non-hydrogen) atoms. The second-order valence-electron chi connectivity index (χ2n) is 4.95. The smallest absolute Gasteiger partial charge is 0.236 e. The molecule has 0 atom stereocenters. The van der Waals surface area contributed by atoms with Gasteiger partial charge in [0.15, 0.2) is 0 Å². The van der Waals surface area contributed by atoms with Gasteiger partial charge >= 0.3 is 0 Å². The molecule has 0 saturated carbocycles. The molecule has 1 N–H and O–H groups in total. The topological polar surface area (TPSA) is 70.0 Å². The second kappa shape index (κ2) is 5.98. The van der Waals surface area contributed by atoms with Crippen molar-refractivity contribution in [2.75, 3.05) is 4.72 Å². The number of rotatable bonds is 4. The molecule has 2 aromatic carbocycles. The molecule has 0 aliphatic carbocycles. The quantitative estimate of drug-likeness (QED) is 0.943. The monoisotopic (exact) mass is 300 g/mol. The molecule has 0 saturated heterocycles. The Balaban J connectivity index is 2.27. The molecule has 0 unspecified atom stereocenters. The van der Waals surface area contributed by atoms with E-state index in [1.54, 1.807) is 30.3 Å². The third kappa shape index (κ3) is 3.83. The maximum absolute atomic E-state index is 12.3. The minimum atomic E-state index is -3.56. The number of benzene rings is 2. The van der Waals surface area contributed by atoms with Crippen LogP contribution in [-0.2, 0) is 15.8 Å². The standard InChI is InChI=1S/C16H16N2O2S/c1-12-7-8-13(2)16(9-12)18-21(19,20)11-15-6-4-3-5-14(15)10-17/h3-9,18H,11H2,1-2H3. The highest BCUT2D eigenvalue weighted by Crippen LogP contribution is 2.20. The first-order valence-electron chi connectivity index (χ1n) is 6.47. The van der Waals surface area contributed by atoms with Gasteiger partial charge in [-0.25, -0.2) is 8.42 Å². The van der Waals surface area contributed by atoms with Crippen LogP contribution in [0.4, 0.5) is 5.69 Å². The molecule has 0 radical (unpaired) electrons. The number of nitrogens with one attached hydrogen (secondary N) is 1. The number of nitrogens with zero attached hydrogens (tertiary/aromatic N) is 1. The fourth-order valence-corrected chi connectivity index (χ4v) is 3.30. The normalized spacial score (nSPS) is 10.9. The lowest BCUT2D eigenvalue weighted by molar-refractivity contribution is 0.600. The molecule has 4 nitrogen and oxygen atoms in total. The maximum Gasteiger partial charge on any atom is 0.236 e. The predicted octanol–water partition coefficient (Wildman–Crippen LogP) is 3.12. The zero-order chi connectivity index (χ0) is 15.5. The molecule has 108 valence electrons. The predicted molar refractivity (Wildman–Crippen MR) is 83.3 cm³/mol. The average Bonchev–Trinajstić information content (AvgIpc) is 2.43. The molecule has 0 aromatic heterocycles. The van der Waals surface area contributed by atoms with Crippen LogP contribution in [0.25, 0.3) is 0 Å². The van der Waals surface area contributed by atoms with E-state index in [1.165, 1.54) is 0 Å². The van der Waals surface area contributed by atoms with Gasteiger partial charge in [-0.05, 0) is 42.7 Å². The van der Waals surface area contributed by atoms with E-state index >= 15 is 0 Å². The van der Waals surface area contributed by atoms with Gasteiger partial charge in [0.1, 0.15) is 0 Å². The molecule has 5 heteroatoms. The highest BCUT2D eigenvalue weighted by molar-refractivity contribution is 7.91. The first-order valence-corrected chi connectivity index (χ1v) is 8.12. The summed E-state index contributed by atoms with van der Waals surface area (Å²) >= 11 is 0. The molecule has 0 bridgehead atoms. The summed E-state index contributed by atoms with van der Waals surface area (Å²) in [5.74, 6) is -0.218. The van der Waals surface area contributed by atoms with Gasteiger partial charge in [-0.1, -0.05) is 30.3 Å². The molecular weight excluding hydrogens is 284 g/mol. The number of anilines is 1. The minimum absolute atomic E-state index is 0.218. The minimum Gasteiger partial charge on any atom is -0.283 e. The summed E-state index contributed by atoms with van der Waals surface area (Å²) in [4.78, 5) is 0. The van der Waals surface area contributed by atoms with Gasteiger partial charge in [0.2, 0.25) is 10.0 Å². The van der Waals surface area contributed by atoms with Crippen molar-refractivity contribution in [1.82, 2.24) is 0 Å². The van der Waals surface area contributed by atoms with Crippen molar-refractivity contribution in [2.45, 2.75) is 19.6 Å². The summed E-state index contributed by atoms with van der Waals surface area (Å²) in [6.45, 7) is 3.75. The summed E-state index contributed by atoms with van der Waals surface area (Å²) in [6.07, 6.45) is 0. The first kappa shape index (κ1) is 15.1. The molecule has 0 spiro atoms. The molecule has 2 aromatic rings. The second-order valence-corrected chi connectivity index (χ2v) is 6.67. The number of sulfonamides is 1. The van der Waals surface area contributed by atoms with Gasteiger partial charge in [0.05, 0.1) is 23.1 Å². The van der Waals surface area contributed by atoms with Gasteiger partial charge in [-0.3, -0.25) is 4.72 Å². The van der Waals surface area contributed by atoms with Crippen LogP contribution in [0, 0.1) is 25.2 Å². The molecule has 0 amide bonds. The highest BCUT2D eigenvalue weighted by atomic mass is 32.2. The Morgan fingerprint density at radius 2 is 1.86 bits per heavy atom. The van der Waals surface area contributed by atoms with E-state index in [0.717, 1.165) is 11.1 Å². The fourth-order valence-electron chi connectivity index (χ4n) is 2.01. The first-order chi connectivity index (χ1) is 9.91. The van der Waals surface area contributed by atoms with Crippen LogP contribution in [0.2, 0.25) is 0 Å². The van der Waals surface area contributed by atoms with Crippen molar-refractivity contribution in [1.29, 1.82) is 5.26 Å². The van der Waals surface area contributed by atoms with Crippen molar-refractivity contribution in [3.63, 3.8) is 0 Å². The summed E-state index contributed by atoms with van der Waals surface area (Å²) in [6, 6.07) is 14.3. The zero-order valence-electron chi connectivity index (χ0n) is 11.9. The Kier molecular flexibility index (Phi) is 4.29. The molecule has 0 fully saturated rings. The highest BCUT2D eigenvalue weighted by Gasteiger charge is 2.15. The fraction of sp³-hybridized carbons (Fsp3) is 0.188. The summed E-state index contributed by atoms with van der Waals surface area (Å²) in [5.41, 5.74) is 3.29. The van der Waals surface area contributed by atoms with E-state index in [1.807, 2.05) is 32.0 Å². The van der Waals surface area contributed by atoms with Crippen LogP contribution in [0.5, 0.6) is 0 Å². The van der Waals surface area contributed by atoms with Crippen LogP contribution in [0.1, 0.15) is 22.3 Å². The van der Waals surface area contributed by atoms with E-state index in [4.69, 9.17) is 5.26 Å². The summed E-state index contributed by atoms with van der Waals surface area (Å²) < 4.78 is 27.2. The Bertz CT molecular complexity index is 805. The van der Waals surface area contributed by atoms with Crippen molar-refractivity contribution >= 4 is 15.7 Å². The van der Waals surface area contributed by atoms with Crippen LogP contribution < -0.4 is 4.72 Å². The van der Waals surface area contributed by atoms with Crippen LogP contribution in [-0.4, -0.2) is 8.42 Å². The van der Waals surface area contributed by atoms with Gasteiger partial charge in [-0.2, -0.15) is 5.26 Å². The van der Waals surface area contributed by atoms with Crippen LogP contribution in [0.15, 0.2) is 42.5 Å². The largest absolute Gasteiger partial charge is 0.283 e. The SMILES string of the molecule is Cc1ccc(C)c(NS(=O)(=O)Cc2ccccc2C#N)c1. The lowest BCUT2D eigenvalue weighted by Gasteiger charge is -2.12. The number of hydrogen-bond donors (Lipinski definition) is 1. The molecule has 0 aliphatic rings. The summed E-state index contributed by atoms with van der Waals surface area (Å²) in [5, 5.41) is 9.02. The van der Waals surface area contributed by atoms with Gasteiger partial charge in [-0.15, -0.1) is 0 Å². The Morgan fingerprint density at radius 1 is 1.14 bits per heavy atom. The summed E-state index contributed by atoms with van der Waals surface area (Å²) in [7, 11) is -3.56. The molecule has 0 aliphatic heterocycles. The third-order valence-electron chi connectivity index (χ3n) is 3.14. The van der Waals surface area contributed by atoms with Crippen molar-refractivity contribution in [3.05, 3.63) is 64.7 Å². The van der Waals surface area contributed by atoms with Crippen LogP contribution >= 0.6 is 0 Å². The van der Waals surface area contributed by atoms with E-state index in [0.29, 0.717) is 16.8 Å². The average molecular weight is 300 g/mol. The lowest BCUT2D eigenvalue weighted by atomic mass is 10.1. The van der Waals surface area contributed by atoms with E-state index in [2.05, 4.69) is 4.72 Å². The van der Waals surface area contributed by atoms with Gasteiger partial charge in [0.25, 0.3) is 0 Å². The number of nitriles is 1. The van der Waals surface area contributed by atoms with Gasteiger partial charge < -0.3 is 0 Å².